The number of nitrogens with one attached hydrogen (secondary N) is 2. The van der Waals surface area contributed by atoms with Crippen molar-refractivity contribution in [3.05, 3.63) is 90.1 Å². The Balaban J connectivity index is 0.00000204. The molecule has 2 aromatic carbocycles. The molecule has 0 saturated carbocycles. The molecule has 2 aromatic heterocycles. The molecule has 0 aliphatic carbocycles. The standard InChI is InChI=1S/C23H20FN7O.2ClH/c1-14(15-6-8-18(24)9-7-15)28-23-29-19(16-2-4-17(5-3-16)22(25)32)12-20(31-23)30-21-13-26-10-11-27-21;;/h2-14H,1H3,(H2,25,32)(H2,27,28,29,30,31);2*1H/t14-;;/m0../s1. The van der Waals surface area contributed by atoms with Crippen LogP contribution in [0.25, 0.3) is 11.3 Å². The molecule has 34 heavy (non-hydrogen) atoms. The van der Waals surface area contributed by atoms with Gasteiger partial charge in [-0.3, -0.25) is 9.78 Å². The number of halogens is 3. The van der Waals surface area contributed by atoms with Gasteiger partial charge < -0.3 is 16.4 Å². The van der Waals surface area contributed by atoms with Crippen molar-refractivity contribution in [3.8, 4) is 11.3 Å². The zero-order valence-corrected chi connectivity index (χ0v) is 19.6. The molecule has 8 nitrogen and oxygen atoms in total. The highest BCUT2D eigenvalue weighted by atomic mass is 35.5. The van der Waals surface area contributed by atoms with Gasteiger partial charge in [-0.25, -0.2) is 14.4 Å². The summed E-state index contributed by atoms with van der Waals surface area (Å²) in [6.07, 6.45) is 4.73. The summed E-state index contributed by atoms with van der Waals surface area (Å²) in [5, 5.41) is 6.36. The summed E-state index contributed by atoms with van der Waals surface area (Å²) in [5.74, 6) is 0.598. The predicted octanol–water partition coefficient (Wildman–Crippen LogP) is 4.93. The van der Waals surface area contributed by atoms with E-state index in [4.69, 9.17) is 5.73 Å². The molecule has 4 rings (SSSR count). The number of hydrogen-bond acceptors (Lipinski definition) is 7. The Morgan fingerprint density at radius 3 is 2.29 bits per heavy atom. The number of amides is 1. The highest BCUT2D eigenvalue weighted by Gasteiger charge is 2.12. The second-order valence-corrected chi connectivity index (χ2v) is 7.04. The maximum absolute atomic E-state index is 13.3. The number of primary amides is 1. The van der Waals surface area contributed by atoms with Crippen molar-refractivity contribution < 1.29 is 9.18 Å². The first-order valence-corrected chi connectivity index (χ1v) is 9.82. The summed E-state index contributed by atoms with van der Waals surface area (Å²) >= 11 is 0. The van der Waals surface area contributed by atoms with E-state index in [2.05, 4.69) is 30.6 Å². The van der Waals surface area contributed by atoms with Crippen LogP contribution in [0.2, 0.25) is 0 Å². The Labute approximate surface area is 208 Å². The zero-order valence-electron chi connectivity index (χ0n) is 18.0. The van der Waals surface area contributed by atoms with E-state index < -0.39 is 5.91 Å². The molecule has 0 bridgehead atoms. The fourth-order valence-corrected chi connectivity index (χ4v) is 3.05. The third kappa shape index (κ3) is 6.60. The van der Waals surface area contributed by atoms with E-state index in [0.29, 0.717) is 28.8 Å². The Hall–Kier alpha value is -3.82. The van der Waals surface area contributed by atoms with Gasteiger partial charge in [-0.1, -0.05) is 24.3 Å². The molecule has 4 N–H and O–H groups in total. The largest absolute Gasteiger partial charge is 0.366 e. The van der Waals surface area contributed by atoms with Gasteiger partial charge in [0.05, 0.1) is 17.9 Å². The first-order valence-electron chi connectivity index (χ1n) is 9.82. The van der Waals surface area contributed by atoms with E-state index in [1.54, 1.807) is 61.1 Å². The summed E-state index contributed by atoms with van der Waals surface area (Å²) in [6.45, 7) is 1.93. The molecule has 4 aromatic rings. The number of carbonyl (C=O) groups is 1. The summed E-state index contributed by atoms with van der Waals surface area (Å²) < 4.78 is 13.3. The minimum absolute atomic E-state index is 0. The molecular formula is C23H22Cl2FN7O. The van der Waals surface area contributed by atoms with Gasteiger partial charge in [-0.2, -0.15) is 4.98 Å². The normalized spacial score (nSPS) is 10.9. The first-order chi connectivity index (χ1) is 15.5. The number of aromatic nitrogens is 4. The van der Waals surface area contributed by atoms with Crippen molar-refractivity contribution in [3.63, 3.8) is 0 Å². The molecule has 1 atom stereocenters. The van der Waals surface area contributed by atoms with Crippen molar-refractivity contribution in [2.45, 2.75) is 13.0 Å². The molecule has 176 valence electrons. The number of hydrogen-bond donors (Lipinski definition) is 3. The molecule has 2 heterocycles. The van der Waals surface area contributed by atoms with E-state index >= 15 is 0 Å². The number of anilines is 3. The molecule has 0 saturated heterocycles. The first kappa shape index (κ1) is 26.4. The van der Waals surface area contributed by atoms with Gasteiger partial charge in [-0.05, 0) is 36.8 Å². The van der Waals surface area contributed by atoms with Crippen LogP contribution in [0, 0.1) is 5.82 Å². The fourth-order valence-electron chi connectivity index (χ4n) is 3.05. The van der Waals surface area contributed by atoms with Gasteiger partial charge in [-0.15, -0.1) is 24.8 Å². The average Bonchev–Trinajstić information content (AvgIpc) is 2.80. The van der Waals surface area contributed by atoms with Crippen LogP contribution in [0.3, 0.4) is 0 Å². The van der Waals surface area contributed by atoms with E-state index in [-0.39, 0.29) is 36.7 Å². The third-order valence-corrected chi connectivity index (χ3v) is 4.73. The van der Waals surface area contributed by atoms with E-state index in [1.807, 2.05) is 6.92 Å². The van der Waals surface area contributed by atoms with Gasteiger partial charge in [0.2, 0.25) is 11.9 Å². The lowest BCUT2D eigenvalue weighted by Crippen LogP contribution is -2.11. The highest BCUT2D eigenvalue weighted by molar-refractivity contribution is 5.93. The van der Waals surface area contributed by atoms with E-state index in [0.717, 1.165) is 11.1 Å². The Kier molecular flexibility index (Phi) is 9.23. The van der Waals surface area contributed by atoms with Crippen LogP contribution in [0.5, 0.6) is 0 Å². The summed E-state index contributed by atoms with van der Waals surface area (Å²) in [5.41, 5.74) is 8.02. The predicted molar refractivity (Wildman–Crippen MR) is 134 cm³/mol. The number of carbonyl (C=O) groups excluding carboxylic acids is 1. The average molecular weight is 502 g/mol. The van der Waals surface area contributed by atoms with Crippen molar-refractivity contribution in [2.24, 2.45) is 5.73 Å². The summed E-state index contributed by atoms with van der Waals surface area (Å²) in [4.78, 5) is 28.8. The lowest BCUT2D eigenvalue weighted by molar-refractivity contribution is 0.100. The third-order valence-electron chi connectivity index (χ3n) is 4.73. The molecule has 0 radical (unpaired) electrons. The van der Waals surface area contributed by atoms with Crippen molar-refractivity contribution >= 4 is 48.3 Å². The highest BCUT2D eigenvalue weighted by Crippen LogP contribution is 2.25. The zero-order chi connectivity index (χ0) is 22.5. The van der Waals surface area contributed by atoms with Gasteiger partial charge in [0.25, 0.3) is 0 Å². The van der Waals surface area contributed by atoms with Crippen LogP contribution in [-0.2, 0) is 0 Å². The monoisotopic (exact) mass is 501 g/mol. The van der Waals surface area contributed by atoms with Crippen LogP contribution in [0.1, 0.15) is 28.9 Å². The Bertz CT molecular complexity index is 1230. The van der Waals surface area contributed by atoms with Crippen LogP contribution in [0.15, 0.2) is 73.2 Å². The quantitative estimate of drug-likeness (QED) is 0.328. The molecule has 11 heteroatoms. The smallest absolute Gasteiger partial charge is 0.248 e. The van der Waals surface area contributed by atoms with Crippen LogP contribution < -0.4 is 16.4 Å². The van der Waals surface area contributed by atoms with E-state index in [9.17, 15) is 9.18 Å². The summed E-state index contributed by atoms with van der Waals surface area (Å²) in [6, 6.07) is 14.6. The maximum Gasteiger partial charge on any atom is 0.248 e. The molecule has 0 aliphatic rings. The summed E-state index contributed by atoms with van der Waals surface area (Å²) in [7, 11) is 0. The van der Waals surface area contributed by atoms with Gasteiger partial charge >= 0.3 is 0 Å². The van der Waals surface area contributed by atoms with Crippen molar-refractivity contribution in [1.82, 2.24) is 19.9 Å². The number of nitrogens with zero attached hydrogens (tertiary/aromatic N) is 4. The molecule has 0 aliphatic heterocycles. The number of nitrogens with two attached hydrogens (primary N) is 1. The number of rotatable bonds is 7. The van der Waals surface area contributed by atoms with Crippen LogP contribution >= 0.6 is 24.8 Å². The second-order valence-electron chi connectivity index (χ2n) is 7.04. The van der Waals surface area contributed by atoms with Crippen molar-refractivity contribution in [2.75, 3.05) is 10.6 Å². The minimum Gasteiger partial charge on any atom is -0.366 e. The minimum atomic E-state index is -0.500. The molecule has 0 fully saturated rings. The maximum atomic E-state index is 13.3. The van der Waals surface area contributed by atoms with Crippen LogP contribution in [-0.4, -0.2) is 25.8 Å². The number of benzene rings is 2. The molecule has 0 spiro atoms. The van der Waals surface area contributed by atoms with Crippen LogP contribution in [0.4, 0.5) is 22.0 Å². The van der Waals surface area contributed by atoms with Gasteiger partial charge in [0, 0.05) is 29.6 Å². The van der Waals surface area contributed by atoms with Crippen molar-refractivity contribution in [1.29, 1.82) is 0 Å². The Morgan fingerprint density at radius 2 is 1.68 bits per heavy atom. The van der Waals surface area contributed by atoms with Gasteiger partial charge in [0.1, 0.15) is 17.5 Å². The lowest BCUT2D eigenvalue weighted by atomic mass is 10.1. The second kappa shape index (κ2) is 11.9. The molecular weight excluding hydrogens is 480 g/mol. The fraction of sp³-hybridized carbons (Fsp3) is 0.0870. The van der Waals surface area contributed by atoms with E-state index in [1.165, 1.54) is 12.1 Å². The molecule has 0 unspecified atom stereocenters. The molecule has 1 amide bonds. The Morgan fingerprint density at radius 1 is 0.971 bits per heavy atom. The van der Waals surface area contributed by atoms with Gasteiger partial charge in [0.15, 0.2) is 0 Å². The SMILES string of the molecule is C[C@H](Nc1nc(Nc2cnccn2)cc(-c2ccc(C(N)=O)cc2)n1)c1ccc(F)cc1.Cl.Cl. The lowest BCUT2D eigenvalue weighted by Gasteiger charge is -2.16. The topological polar surface area (TPSA) is 119 Å².